The maximum Gasteiger partial charge on any atom is 0.310 e. The van der Waals surface area contributed by atoms with Crippen LogP contribution in [0.2, 0.25) is 0 Å². The number of rotatable bonds is 7. The summed E-state index contributed by atoms with van der Waals surface area (Å²) in [4.78, 5) is 23.9. The first-order valence-electron chi connectivity index (χ1n) is 12.3. The zero-order valence-electron chi connectivity index (χ0n) is 21.3. The minimum absolute atomic E-state index is 0.00788. The van der Waals surface area contributed by atoms with Crippen molar-refractivity contribution in [2.75, 3.05) is 24.6 Å². The van der Waals surface area contributed by atoms with E-state index < -0.39 is 17.5 Å². The number of aryl methyl sites for hydroxylation is 2. The van der Waals surface area contributed by atoms with Crippen LogP contribution in [0.3, 0.4) is 0 Å². The smallest absolute Gasteiger partial charge is 0.310 e. The van der Waals surface area contributed by atoms with Crippen molar-refractivity contribution in [3.8, 4) is 11.1 Å². The molecule has 5 rings (SSSR count). The Kier molecular flexibility index (Phi) is 6.40. The van der Waals surface area contributed by atoms with Gasteiger partial charge in [-0.15, -0.1) is 0 Å². The number of hydrogen-bond donors (Lipinski definition) is 1. The van der Waals surface area contributed by atoms with Crippen molar-refractivity contribution in [2.45, 2.75) is 52.1 Å². The molecule has 3 heterocycles. The molecule has 4 aromatic rings. The Hall–Kier alpha value is -3.17. The largest absolute Gasteiger partial charge is 0.462 e. The van der Waals surface area contributed by atoms with Gasteiger partial charge in [-0.25, -0.2) is 13.8 Å². The number of aromatic nitrogens is 2. The number of aliphatic hydroxyl groups is 1. The molecule has 1 N–H and O–H groups in total. The summed E-state index contributed by atoms with van der Waals surface area (Å²) in [6.07, 6.45) is 2.62. The van der Waals surface area contributed by atoms with E-state index in [9.17, 15) is 18.7 Å². The summed E-state index contributed by atoms with van der Waals surface area (Å²) in [6, 6.07) is 9.88. The highest BCUT2D eigenvalue weighted by Crippen LogP contribution is 2.44. The molecule has 0 bridgehead atoms. The number of anilines is 1. The quantitative estimate of drug-likeness (QED) is 0.312. The Labute approximate surface area is 217 Å². The van der Waals surface area contributed by atoms with Gasteiger partial charge < -0.3 is 14.7 Å². The Morgan fingerprint density at radius 1 is 1.27 bits per heavy atom. The van der Waals surface area contributed by atoms with E-state index in [1.807, 2.05) is 37.3 Å². The van der Waals surface area contributed by atoms with Crippen LogP contribution in [0.15, 0.2) is 36.5 Å². The minimum Gasteiger partial charge on any atom is -0.462 e. The second kappa shape index (κ2) is 9.29. The highest BCUT2D eigenvalue weighted by Gasteiger charge is 2.45. The molecule has 0 aliphatic carbocycles. The molecule has 37 heavy (non-hydrogen) atoms. The molecule has 0 atom stereocenters. The predicted molar refractivity (Wildman–Crippen MR) is 143 cm³/mol. The van der Waals surface area contributed by atoms with Crippen molar-refractivity contribution in [2.24, 2.45) is 0 Å². The molecule has 0 radical (unpaired) electrons. The van der Waals surface area contributed by atoms with Crippen LogP contribution in [-0.2, 0) is 22.4 Å². The highest BCUT2D eigenvalue weighted by molar-refractivity contribution is 7.22. The number of carbonyl (C=O) groups is 1. The van der Waals surface area contributed by atoms with Gasteiger partial charge in [-0.2, -0.15) is 0 Å². The first kappa shape index (κ1) is 25.5. The van der Waals surface area contributed by atoms with Gasteiger partial charge in [0.15, 0.2) is 5.13 Å². The fourth-order valence-electron chi connectivity index (χ4n) is 4.71. The monoisotopic (exact) mass is 525 g/mol. The predicted octanol–water partition coefficient (Wildman–Crippen LogP) is 5.69. The molecule has 194 valence electrons. The molecule has 0 amide bonds. The van der Waals surface area contributed by atoms with Crippen LogP contribution in [-0.4, -0.2) is 52.3 Å². The number of alkyl halides is 2. The highest BCUT2D eigenvalue weighted by atomic mass is 32.1. The van der Waals surface area contributed by atoms with E-state index in [4.69, 9.17) is 14.7 Å². The van der Waals surface area contributed by atoms with Gasteiger partial charge >= 0.3 is 5.97 Å². The summed E-state index contributed by atoms with van der Waals surface area (Å²) >= 11 is 1.35. The normalized spacial score (nSPS) is 15.3. The van der Waals surface area contributed by atoms with Crippen LogP contribution in [0, 0.1) is 6.92 Å². The molecule has 1 saturated heterocycles. The lowest BCUT2D eigenvalue weighted by Gasteiger charge is -2.38. The molecule has 0 spiro atoms. The second-order valence-corrected chi connectivity index (χ2v) is 11.3. The minimum atomic E-state index is -2.71. The van der Waals surface area contributed by atoms with Gasteiger partial charge in [0.25, 0.3) is 5.92 Å². The lowest BCUT2D eigenvalue weighted by Crippen LogP contribution is -2.56. The van der Waals surface area contributed by atoms with Crippen molar-refractivity contribution in [3.05, 3.63) is 53.2 Å². The van der Waals surface area contributed by atoms with Gasteiger partial charge in [0.05, 0.1) is 40.8 Å². The lowest BCUT2D eigenvalue weighted by atomic mass is 9.91. The van der Waals surface area contributed by atoms with Crippen molar-refractivity contribution >= 4 is 43.6 Å². The molecule has 2 aromatic heterocycles. The van der Waals surface area contributed by atoms with E-state index >= 15 is 0 Å². The summed E-state index contributed by atoms with van der Waals surface area (Å²) in [6.45, 7) is 6.33. The first-order valence-corrected chi connectivity index (χ1v) is 13.1. The first-order chi connectivity index (χ1) is 17.5. The Morgan fingerprint density at radius 2 is 2.03 bits per heavy atom. The lowest BCUT2D eigenvalue weighted by molar-refractivity contribution is -0.149. The van der Waals surface area contributed by atoms with Gasteiger partial charge in [0.2, 0.25) is 0 Å². The van der Waals surface area contributed by atoms with Gasteiger partial charge in [0, 0.05) is 22.7 Å². The van der Waals surface area contributed by atoms with Crippen LogP contribution in [0.4, 0.5) is 13.9 Å². The Balaban J connectivity index is 1.69. The number of pyridine rings is 1. The van der Waals surface area contributed by atoms with Crippen LogP contribution < -0.4 is 4.90 Å². The third kappa shape index (κ3) is 5.02. The summed E-state index contributed by atoms with van der Waals surface area (Å²) in [5, 5.41) is 11.6. The summed E-state index contributed by atoms with van der Waals surface area (Å²) < 4.78 is 33.4. The molecule has 1 aliphatic rings. The van der Waals surface area contributed by atoms with Crippen LogP contribution in [0.5, 0.6) is 0 Å². The summed E-state index contributed by atoms with van der Waals surface area (Å²) in [5.74, 6) is -3.16. The molecule has 1 aliphatic heterocycles. The van der Waals surface area contributed by atoms with Crippen molar-refractivity contribution in [1.82, 2.24) is 9.97 Å². The Morgan fingerprint density at radius 3 is 2.70 bits per heavy atom. The molecular weight excluding hydrogens is 496 g/mol. The van der Waals surface area contributed by atoms with Crippen LogP contribution in [0.1, 0.15) is 37.5 Å². The average Bonchev–Trinajstić information content (AvgIpc) is 3.23. The topological polar surface area (TPSA) is 75.5 Å². The van der Waals surface area contributed by atoms with Gasteiger partial charge in [-0.05, 0) is 56.0 Å². The third-order valence-electron chi connectivity index (χ3n) is 6.53. The number of benzene rings is 2. The van der Waals surface area contributed by atoms with E-state index in [2.05, 4.69) is 6.92 Å². The second-order valence-electron chi connectivity index (χ2n) is 10.3. The molecular formula is C28H29F2N3O3S. The van der Waals surface area contributed by atoms with Gasteiger partial charge in [0.1, 0.15) is 6.61 Å². The third-order valence-corrected chi connectivity index (χ3v) is 7.68. The fourth-order valence-corrected chi connectivity index (χ4v) is 5.84. The maximum absolute atomic E-state index is 13.6. The molecule has 6 nitrogen and oxygen atoms in total. The average molecular weight is 526 g/mol. The molecule has 0 saturated carbocycles. The zero-order valence-corrected chi connectivity index (χ0v) is 22.1. The van der Waals surface area contributed by atoms with Gasteiger partial charge in [-0.3, -0.25) is 9.78 Å². The van der Waals surface area contributed by atoms with Crippen molar-refractivity contribution < 1.29 is 23.4 Å². The maximum atomic E-state index is 13.6. The SMILES string of the molecule is CCc1ccnc2c(-c3c(CC(=O)OCC(C)(C)O)c(C)cc4nc(N5CC(F)(F)C5)sc34)cccc12. The Bertz CT molecular complexity index is 1500. The molecule has 9 heteroatoms. The number of hydrogen-bond acceptors (Lipinski definition) is 7. The number of nitrogens with zero attached hydrogens (tertiary/aromatic N) is 3. The van der Waals surface area contributed by atoms with E-state index in [-0.39, 0.29) is 26.1 Å². The standard InChI is InChI=1S/C28H29F2N3O3S/c1-5-17-9-10-31-24-18(17)7-6-8-19(24)23-20(12-22(34)36-15-27(3,4)35)16(2)11-21-25(23)37-26(32-21)33-13-28(29,30)14-33/h6-11,35H,5,12-15H2,1-4H3. The number of ether oxygens (including phenoxy) is 1. The summed E-state index contributed by atoms with van der Waals surface area (Å²) in [7, 11) is 0. The number of fused-ring (bicyclic) bond motifs is 2. The number of halogens is 2. The zero-order chi connectivity index (χ0) is 26.5. The fraction of sp³-hybridized carbons (Fsp3) is 0.393. The summed E-state index contributed by atoms with van der Waals surface area (Å²) in [5.41, 5.74) is 4.82. The number of para-hydroxylation sites is 1. The van der Waals surface area contributed by atoms with E-state index in [0.29, 0.717) is 10.6 Å². The number of thiazole rings is 1. The van der Waals surface area contributed by atoms with Gasteiger partial charge in [-0.1, -0.05) is 36.5 Å². The van der Waals surface area contributed by atoms with Crippen LogP contribution >= 0.6 is 11.3 Å². The van der Waals surface area contributed by atoms with E-state index in [1.165, 1.54) is 11.3 Å². The van der Waals surface area contributed by atoms with E-state index in [0.717, 1.165) is 49.8 Å². The number of carbonyl (C=O) groups excluding carboxylic acids is 1. The number of esters is 1. The molecule has 0 unspecified atom stereocenters. The van der Waals surface area contributed by atoms with Crippen LogP contribution in [0.25, 0.3) is 32.2 Å². The van der Waals surface area contributed by atoms with E-state index in [1.54, 1.807) is 24.9 Å². The van der Waals surface area contributed by atoms with Crippen molar-refractivity contribution in [3.63, 3.8) is 0 Å². The molecule has 1 fully saturated rings. The molecule has 2 aromatic carbocycles. The van der Waals surface area contributed by atoms with Crippen molar-refractivity contribution in [1.29, 1.82) is 0 Å².